The molecule has 0 saturated carbocycles. The minimum Gasteiger partial charge on any atom is -0.325 e. The summed E-state index contributed by atoms with van der Waals surface area (Å²) in [6.07, 6.45) is 0.229. The molecular weight excluding hydrogens is 358 g/mol. The monoisotopic (exact) mass is 377 g/mol. The van der Waals surface area contributed by atoms with E-state index >= 15 is 0 Å². The van der Waals surface area contributed by atoms with Gasteiger partial charge in [0.05, 0.1) is 22.4 Å². The maximum Gasteiger partial charge on any atom is 0.234 e. The van der Waals surface area contributed by atoms with Crippen LogP contribution < -0.4 is 10.6 Å². The van der Waals surface area contributed by atoms with Crippen molar-refractivity contribution in [2.24, 2.45) is 0 Å². The first-order valence-corrected chi connectivity index (χ1v) is 9.54. The van der Waals surface area contributed by atoms with Crippen LogP contribution in [0.4, 0.5) is 5.69 Å². The number of nitrogens with one attached hydrogen (secondary N) is 2. The van der Waals surface area contributed by atoms with Crippen molar-refractivity contribution in [3.05, 3.63) is 76.3 Å². The number of rotatable bonds is 5. The van der Waals surface area contributed by atoms with Crippen molar-refractivity contribution in [1.82, 2.24) is 5.32 Å². The van der Waals surface area contributed by atoms with E-state index in [-0.39, 0.29) is 29.9 Å². The van der Waals surface area contributed by atoms with E-state index in [4.69, 9.17) is 0 Å². The van der Waals surface area contributed by atoms with Crippen molar-refractivity contribution in [2.45, 2.75) is 19.3 Å². The van der Waals surface area contributed by atoms with Gasteiger partial charge in [-0.1, -0.05) is 59.8 Å². The molecule has 2 aromatic rings. The lowest BCUT2D eigenvalue weighted by Crippen LogP contribution is -2.31. The number of benzene rings is 2. The van der Waals surface area contributed by atoms with E-state index in [1.807, 2.05) is 61.5 Å². The van der Waals surface area contributed by atoms with Gasteiger partial charge in [0.25, 0.3) is 0 Å². The summed E-state index contributed by atoms with van der Waals surface area (Å²) < 4.78 is 0. The number of hydrogen-bond donors (Lipinski definition) is 2. The summed E-state index contributed by atoms with van der Waals surface area (Å²) in [4.78, 5) is 24.3. The van der Waals surface area contributed by atoms with Gasteiger partial charge in [-0.15, -0.1) is 0 Å². The molecule has 5 nitrogen and oxygen atoms in total. The van der Waals surface area contributed by atoms with E-state index in [1.54, 1.807) is 0 Å². The zero-order valence-corrected chi connectivity index (χ0v) is 15.7. The van der Waals surface area contributed by atoms with Gasteiger partial charge in [0.2, 0.25) is 11.8 Å². The van der Waals surface area contributed by atoms with Crippen LogP contribution in [-0.2, 0) is 9.59 Å². The molecule has 0 saturated heterocycles. The fourth-order valence-corrected chi connectivity index (χ4v) is 3.75. The van der Waals surface area contributed by atoms with Crippen LogP contribution in [0.2, 0.25) is 0 Å². The molecule has 1 aliphatic heterocycles. The smallest absolute Gasteiger partial charge is 0.234 e. The molecule has 2 aromatic carbocycles. The molecular formula is C21H19N3O2S. The molecule has 1 atom stereocenters. The largest absolute Gasteiger partial charge is 0.325 e. The lowest BCUT2D eigenvalue weighted by atomic mass is 9.87. The Morgan fingerprint density at radius 1 is 1.22 bits per heavy atom. The van der Waals surface area contributed by atoms with Gasteiger partial charge in [0.1, 0.15) is 0 Å². The molecule has 27 heavy (non-hydrogen) atoms. The van der Waals surface area contributed by atoms with Crippen LogP contribution in [0.5, 0.6) is 0 Å². The second kappa shape index (κ2) is 8.56. The number of thioether (sulfide) groups is 1. The van der Waals surface area contributed by atoms with Gasteiger partial charge in [-0.05, 0) is 24.6 Å². The fourth-order valence-electron chi connectivity index (χ4n) is 2.87. The number of anilines is 1. The van der Waals surface area contributed by atoms with Crippen molar-refractivity contribution < 1.29 is 9.59 Å². The van der Waals surface area contributed by atoms with Crippen LogP contribution in [0.1, 0.15) is 23.5 Å². The van der Waals surface area contributed by atoms with Gasteiger partial charge in [0.15, 0.2) is 0 Å². The zero-order chi connectivity index (χ0) is 19.2. The van der Waals surface area contributed by atoms with Gasteiger partial charge >= 0.3 is 0 Å². The molecule has 0 aliphatic carbocycles. The number of nitriles is 1. The SMILES string of the molecule is Cc1ccc(NC(=O)CSC2=C(C#N)[C@H](c3ccccc3)CC(=O)N2)cc1. The average molecular weight is 377 g/mol. The molecule has 6 heteroatoms. The maximum atomic E-state index is 12.2. The Labute approximate surface area is 162 Å². The Kier molecular flexibility index (Phi) is 5.94. The number of allylic oxidation sites excluding steroid dienone is 1. The highest BCUT2D eigenvalue weighted by Crippen LogP contribution is 2.35. The van der Waals surface area contributed by atoms with E-state index in [0.717, 1.165) is 16.8 Å². The Bertz CT molecular complexity index is 915. The summed E-state index contributed by atoms with van der Waals surface area (Å²) in [6, 6.07) is 19.2. The lowest BCUT2D eigenvalue weighted by molar-refractivity contribution is -0.121. The third kappa shape index (κ3) is 4.78. The molecule has 0 radical (unpaired) electrons. The van der Waals surface area contributed by atoms with Gasteiger partial charge in [-0.3, -0.25) is 9.59 Å². The molecule has 3 rings (SSSR count). The summed E-state index contributed by atoms with van der Waals surface area (Å²) >= 11 is 1.18. The molecule has 0 aromatic heterocycles. The number of aryl methyl sites for hydroxylation is 1. The zero-order valence-electron chi connectivity index (χ0n) is 14.9. The number of nitrogens with zero attached hydrogens (tertiary/aromatic N) is 1. The molecule has 2 amide bonds. The first-order valence-electron chi connectivity index (χ1n) is 8.55. The Morgan fingerprint density at radius 3 is 2.59 bits per heavy atom. The summed E-state index contributed by atoms with van der Waals surface area (Å²) in [5.74, 6) is -0.516. The van der Waals surface area contributed by atoms with Crippen LogP contribution in [0.3, 0.4) is 0 Å². The molecule has 1 aliphatic rings. The van der Waals surface area contributed by atoms with E-state index in [1.165, 1.54) is 11.8 Å². The number of carbonyl (C=O) groups excluding carboxylic acids is 2. The highest BCUT2D eigenvalue weighted by atomic mass is 32.2. The number of hydrogen-bond acceptors (Lipinski definition) is 4. The Hall–Kier alpha value is -3.04. The van der Waals surface area contributed by atoms with Crippen LogP contribution in [0.25, 0.3) is 0 Å². The standard InChI is InChI=1S/C21H19N3O2S/c1-14-7-9-16(10-8-14)23-20(26)13-27-21-18(12-22)17(11-19(25)24-21)15-5-3-2-4-6-15/h2-10,17H,11,13H2,1H3,(H,23,26)(H,24,25)/t17-/m0/s1. The second-order valence-corrected chi connectivity index (χ2v) is 7.26. The third-order valence-electron chi connectivity index (χ3n) is 4.24. The minimum absolute atomic E-state index is 0.107. The third-order valence-corrected chi connectivity index (χ3v) is 5.26. The van der Waals surface area contributed by atoms with Gasteiger partial charge in [0, 0.05) is 18.0 Å². The van der Waals surface area contributed by atoms with Crippen LogP contribution in [0, 0.1) is 18.3 Å². The second-order valence-electron chi connectivity index (χ2n) is 6.27. The molecule has 2 N–H and O–H groups in total. The number of carbonyl (C=O) groups is 2. The predicted octanol–water partition coefficient (Wildman–Crippen LogP) is 3.71. The Balaban J connectivity index is 1.72. The van der Waals surface area contributed by atoms with Crippen LogP contribution >= 0.6 is 11.8 Å². The normalized spacial score (nSPS) is 16.4. The first kappa shape index (κ1) is 18.7. The lowest BCUT2D eigenvalue weighted by Gasteiger charge is -2.25. The molecule has 0 bridgehead atoms. The summed E-state index contributed by atoms with van der Waals surface area (Å²) in [5, 5.41) is 15.7. The maximum absolute atomic E-state index is 12.2. The highest BCUT2D eigenvalue weighted by molar-refractivity contribution is 8.03. The average Bonchev–Trinajstić information content (AvgIpc) is 2.68. The van der Waals surface area contributed by atoms with E-state index < -0.39 is 0 Å². The van der Waals surface area contributed by atoms with Crippen LogP contribution in [-0.4, -0.2) is 17.6 Å². The topological polar surface area (TPSA) is 82.0 Å². The van der Waals surface area contributed by atoms with Gasteiger partial charge < -0.3 is 10.6 Å². The van der Waals surface area contributed by atoms with E-state index in [2.05, 4.69) is 16.7 Å². The fraction of sp³-hybridized carbons (Fsp3) is 0.190. The molecule has 136 valence electrons. The molecule has 0 fully saturated rings. The predicted molar refractivity (Wildman–Crippen MR) is 107 cm³/mol. The molecule has 0 spiro atoms. The molecule has 1 heterocycles. The van der Waals surface area contributed by atoms with Crippen molar-refractivity contribution >= 4 is 29.3 Å². The first-order chi connectivity index (χ1) is 13.1. The van der Waals surface area contributed by atoms with E-state index in [9.17, 15) is 14.9 Å². The van der Waals surface area contributed by atoms with Crippen molar-refractivity contribution in [3.63, 3.8) is 0 Å². The van der Waals surface area contributed by atoms with Crippen molar-refractivity contribution in [2.75, 3.05) is 11.1 Å². The van der Waals surface area contributed by atoms with Crippen molar-refractivity contribution in [3.8, 4) is 6.07 Å². The van der Waals surface area contributed by atoms with Crippen LogP contribution in [0.15, 0.2) is 65.2 Å². The summed E-state index contributed by atoms with van der Waals surface area (Å²) in [5.41, 5.74) is 3.25. The van der Waals surface area contributed by atoms with Gasteiger partial charge in [-0.25, -0.2) is 0 Å². The Morgan fingerprint density at radius 2 is 1.93 bits per heavy atom. The van der Waals surface area contributed by atoms with E-state index in [0.29, 0.717) is 10.6 Å². The minimum atomic E-state index is -0.285. The summed E-state index contributed by atoms with van der Waals surface area (Å²) in [7, 11) is 0. The summed E-state index contributed by atoms with van der Waals surface area (Å²) in [6.45, 7) is 1.98. The van der Waals surface area contributed by atoms with Gasteiger partial charge in [-0.2, -0.15) is 5.26 Å². The van der Waals surface area contributed by atoms with Crippen molar-refractivity contribution in [1.29, 1.82) is 5.26 Å². The number of amides is 2. The molecule has 0 unspecified atom stereocenters. The quantitative estimate of drug-likeness (QED) is 0.832. The highest BCUT2D eigenvalue weighted by Gasteiger charge is 2.29.